The van der Waals surface area contributed by atoms with Crippen molar-refractivity contribution in [3.8, 4) is 0 Å². The van der Waals surface area contributed by atoms with Crippen LogP contribution in [-0.4, -0.2) is 89.7 Å². The highest BCUT2D eigenvalue weighted by atomic mass is 16.6. The molecule has 1 aliphatic heterocycles. The zero-order chi connectivity index (χ0) is 22.6. The fourth-order valence-electron chi connectivity index (χ4n) is 3.71. The van der Waals surface area contributed by atoms with E-state index in [1.165, 1.54) is 12.7 Å². The number of aromatic nitrogens is 4. The Balaban J connectivity index is 2.28. The summed E-state index contributed by atoms with van der Waals surface area (Å²) >= 11 is 0. The van der Waals surface area contributed by atoms with Gasteiger partial charge in [0.15, 0.2) is 52.3 Å². The van der Waals surface area contributed by atoms with Gasteiger partial charge in [0.1, 0.15) is 12.4 Å². The molecular weight excluding hydrogens is 398 g/mol. The van der Waals surface area contributed by atoms with Gasteiger partial charge in [-0.1, -0.05) is 0 Å². The first-order valence-corrected chi connectivity index (χ1v) is 9.07. The molecular formula is C18H23N5O7. The van der Waals surface area contributed by atoms with Crippen LogP contribution < -0.4 is 4.90 Å². The minimum Gasteiger partial charge on any atom is -0.386 e. The molecule has 3 heterocycles. The van der Waals surface area contributed by atoms with E-state index in [2.05, 4.69) is 15.0 Å². The first-order chi connectivity index (χ1) is 13.9. The summed E-state index contributed by atoms with van der Waals surface area (Å²) in [5.41, 5.74) is -5.36. The quantitative estimate of drug-likeness (QED) is 0.490. The number of hydrogen-bond donors (Lipinski definition) is 3. The van der Waals surface area contributed by atoms with E-state index in [4.69, 9.17) is 4.74 Å². The Morgan fingerprint density at radius 1 is 1.13 bits per heavy atom. The molecule has 2 aromatic heterocycles. The molecule has 0 saturated carbocycles. The molecule has 5 atom stereocenters. The molecule has 0 spiro atoms. The van der Waals surface area contributed by atoms with Crippen LogP contribution >= 0.6 is 0 Å². The van der Waals surface area contributed by atoms with Gasteiger partial charge in [0.25, 0.3) is 0 Å². The van der Waals surface area contributed by atoms with Crippen LogP contribution in [0.25, 0.3) is 11.2 Å². The van der Waals surface area contributed by atoms with Crippen molar-refractivity contribution in [1.82, 2.24) is 19.5 Å². The Kier molecular flexibility index (Phi) is 5.23. The third kappa shape index (κ3) is 2.75. The zero-order valence-corrected chi connectivity index (χ0v) is 17.1. The van der Waals surface area contributed by atoms with E-state index in [1.807, 2.05) is 0 Å². The van der Waals surface area contributed by atoms with Gasteiger partial charge in [-0.3, -0.25) is 19.0 Å². The summed E-state index contributed by atoms with van der Waals surface area (Å²) in [7, 11) is 3.45. The largest absolute Gasteiger partial charge is 0.386 e. The number of nitrogens with zero attached hydrogens (tertiary/aromatic N) is 5. The topological polar surface area (TPSA) is 168 Å². The maximum Gasteiger partial charge on any atom is 0.207 e. The maximum atomic E-state index is 12.6. The molecule has 2 unspecified atom stereocenters. The van der Waals surface area contributed by atoms with Crippen molar-refractivity contribution in [2.24, 2.45) is 0 Å². The highest BCUT2D eigenvalue weighted by molar-refractivity contribution is 6.04. The van der Waals surface area contributed by atoms with Gasteiger partial charge < -0.3 is 25.0 Å². The average molecular weight is 421 g/mol. The molecule has 1 saturated heterocycles. The molecule has 0 bridgehead atoms. The SMILES string of the molecule is CC(=O)[C@@]1(O)C(n2cnc3c(N(C)C)ncnc32)O[C@H](C(=O)C(C)O)[C@]1(O)C(C)=O. The normalized spacial score (nSPS) is 29.7. The lowest BCUT2D eigenvalue weighted by atomic mass is 9.73. The second-order valence-corrected chi connectivity index (χ2v) is 7.51. The first-order valence-electron chi connectivity index (χ1n) is 9.07. The molecule has 0 radical (unpaired) electrons. The second kappa shape index (κ2) is 7.16. The molecule has 12 nitrogen and oxygen atoms in total. The standard InChI is InChI=1S/C18H23N5O7/c1-8(24)12(27)13-17(28,9(2)25)18(29,10(3)26)16(30-13)23-7-21-11-14(22(4)5)19-6-20-15(11)23/h6-8,13,16,24,28-29H,1-5H3/t8?,13-,16?,17-,18-/m1/s1. The van der Waals surface area contributed by atoms with E-state index < -0.39 is 47.0 Å². The van der Waals surface area contributed by atoms with E-state index in [0.29, 0.717) is 11.3 Å². The van der Waals surface area contributed by atoms with Gasteiger partial charge >= 0.3 is 0 Å². The molecule has 2 aromatic rings. The Morgan fingerprint density at radius 2 is 1.73 bits per heavy atom. The number of carbonyl (C=O) groups excluding carboxylic acids is 3. The van der Waals surface area contributed by atoms with Gasteiger partial charge in [-0.25, -0.2) is 15.0 Å². The Hall–Kier alpha value is -2.80. The smallest absolute Gasteiger partial charge is 0.207 e. The molecule has 0 aliphatic carbocycles. The summed E-state index contributed by atoms with van der Waals surface area (Å²) in [5.74, 6) is -2.73. The highest BCUT2D eigenvalue weighted by Gasteiger charge is 2.73. The first kappa shape index (κ1) is 21.9. The molecule has 0 aromatic carbocycles. The van der Waals surface area contributed by atoms with E-state index in [0.717, 1.165) is 25.3 Å². The fourth-order valence-corrected chi connectivity index (χ4v) is 3.71. The number of anilines is 1. The number of ether oxygens (including phenoxy) is 1. The van der Waals surface area contributed by atoms with Crippen molar-refractivity contribution in [3.63, 3.8) is 0 Å². The molecule has 162 valence electrons. The van der Waals surface area contributed by atoms with Crippen LogP contribution in [0.1, 0.15) is 27.0 Å². The Bertz CT molecular complexity index is 1040. The predicted octanol–water partition coefficient (Wildman–Crippen LogP) is -1.62. The molecule has 30 heavy (non-hydrogen) atoms. The summed E-state index contributed by atoms with van der Waals surface area (Å²) in [5, 5.41) is 32.2. The molecule has 3 rings (SSSR count). The summed E-state index contributed by atoms with van der Waals surface area (Å²) in [4.78, 5) is 51.6. The van der Waals surface area contributed by atoms with Crippen molar-refractivity contribution in [2.45, 2.75) is 50.4 Å². The summed E-state index contributed by atoms with van der Waals surface area (Å²) in [6, 6.07) is 0. The third-order valence-corrected chi connectivity index (χ3v) is 5.34. The zero-order valence-electron chi connectivity index (χ0n) is 17.1. The Morgan fingerprint density at radius 3 is 2.23 bits per heavy atom. The van der Waals surface area contributed by atoms with Gasteiger partial charge in [0.2, 0.25) is 5.60 Å². The minimum absolute atomic E-state index is 0.134. The van der Waals surface area contributed by atoms with Crippen LogP contribution in [0.5, 0.6) is 0 Å². The van der Waals surface area contributed by atoms with Crippen LogP contribution in [0.3, 0.4) is 0 Å². The van der Waals surface area contributed by atoms with Crippen LogP contribution in [-0.2, 0) is 19.1 Å². The van der Waals surface area contributed by atoms with E-state index in [9.17, 15) is 29.7 Å². The van der Waals surface area contributed by atoms with Crippen molar-refractivity contribution in [3.05, 3.63) is 12.7 Å². The predicted molar refractivity (Wildman–Crippen MR) is 102 cm³/mol. The van der Waals surface area contributed by atoms with Crippen molar-refractivity contribution in [2.75, 3.05) is 19.0 Å². The van der Waals surface area contributed by atoms with Gasteiger partial charge in [-0.15, -0.1) is 0 Å². The third-order valence-electron chi connectivity index (χ3n) is 5.34. The number of hydrogen-bond acceptors (Lipinski definition) is 11. The van der Waals surface area contributed by atoms with E-state index >= 15 is 0 Å². The maximum absolute atomic E-state index is 12.6. The van der Waals surface area contributed by atoms with Crippen molar-refractivity contribution in [1.29, 1.82) is 0 Å². The summed E-state index contributed by atoms with van der Waals surface area (Å²) in [6.07, 6.45) is -2.93. The van der Waals surface area contributed by atoms with E-state index in [1.54, 1.807) is 19.0 Å². The number of aliphatic hydroxyl groups excluding tert-OH is 1. The lowest BCUT2D eigenvalue weighted by molar-refractivity contribution is -0.182. The number of ketones is 3. The number of imidazole rings is 1. The monoisotopic (exact) mass is 421 g/mol. The molecule has 1 aliphatic rings. The van der Waals surface area contributed by atoms with E-state index in [-0.39, 0.29) is 5.65 Å². The fraction of sp³-hybridized carbons (Fsp3) is 0.556. The minimum atomic E-state index is -2.94. The number of fused-ring (bicyclic) bond motifs is 1. The van der Waals surface area contributed by atoms with Crippen LogP contribution in [0.15, 0.2) is 12.7 Å². The molecule has 3 N–H and O–H groups in total. The Labute approximate surface area is 171 Å². The second-order valence-electron chi connectivity index (χ2n) is 7.51. The summed E-state index contributed by atoms with van der Waals surface area (Å²) in [6.45, 7) is 2.99. The molecule has 12 heteroatoms. The average Bonchev–Trinajstić information content (AvgIpc) is 3.19. The van der Waals surface area contributed by atoms with Gasteiger partial charge in [-0.2, -0.15) is 0 Å². The lowest BCUT2D eigenvalue weighted by Crippen LogP contribution is -2.67. The van der Waals surface area contributed by atoms with Crippen molar-refractivity contribution < 1.29 is 34.4 Å². The van der Waals surface area contributed by atoms with Gasteiger partial charge in [-0.05, 0) is 20.8 Å². The molecule has 0 amide bonds. The summed E-state index contributed by atoms with van der Waals surface area (Å²) < 4.78 is 6.74. The molecule has 1 fully saturated rings. The highest BCUT2D eigenvalue weighted by Crippen LogP contribution is 2.48. The van der Waals surface area contributed by atoms with Gasteiger partial charge in [0.05, 0.1) is 6.33 Å². The van der Waals surface area contributed by atoms with Crippen LogP contribution in [0.2, 0.25) is 0 Å². The number of carbonyl (C=O) groups is 3. The van der Waals surface area contributed by atoms with Crippen LogP contribution in [0, 0.1) is 0 Å². The number of rotatable bonds is 6. The van der Waals surface area contributed by atoms with Crippen molar-refractivity contribution >= 4 is 34.3 Å². The number of aliphatic hydroxyl groups is 3. The lowest BCUT2D eigenvalue weighted by Gasteiger charge is -2.36. The van der Waals surface area contributed by atoms with Crippen LogP contribution in [0.4, 0.5) is 5.82 Å². The number of Topliss-reactive ketones (excluding diaryl/α,β-unsaturated/α-hetero) is 3. The van der Waals surface area contributed by atoms with Gasteiger partial charge in [0, 0.05) is 14.1 Å².